The predicted octanol–water partition coefficient (Wildman–Crippen LogP) is 4.61. The molecule has 1 aromatic carbocycles. The molecule has 7 heteroatoms. The SMILES string of the molecule is Cn1ccnc1COc1ccc(C(=O)Nc2ncccc2OCC2CCCCC2)cc1. The number of aryl methyl sites for hydroxylation is 1. The lowest BCUT2D eigenvalue weighted by Gasteiger charge is -2.22. The van der Waals surface area contributed by atoms with Gasteiger partial charge in [0.1, 0.15) is 18.2 Å². The van der Waals surface area contributed by atoms with Crippen LogP contribution in [0.4, 0.5) is 5.82 Å². The third-order valence-electron chi connectivity index (χ3n) is 5.61. The Bertz CT molecular complexity index is 994. The van der Waals surface area contributed by atoms with Gasteiger partial charge in [-0.1, -0.05) is 19.3 Å². The average Bonchev–Trinajstić information content (AvgIpc) is 3.22. The molecule has 1 saturated carbocycles. The summed E-state index contributed by atoms with van der Waals surface area (Å²) < 4.78 is 13.7. The molecule has 2 heterocycles. The highest BCUT2D eigenvalue weighted by atomic mass is 16.5. The second-order valence-corrected chi connectivity index (χ2v) is 7.89. The predicted molar refractivity (Wildman–Crippen MR) is 118 cm³/mol. The molecule has 1 N–H and O–H groups in total. The minimum absolute atomic E-state index is 0.239. The van der Waals surface area contributed by atoms with Crippen molar-refractivity contribution in [2.45, 2.75) is 38.7 Å². The number of pyridine rings is 1. The van der Waals surface area contributed by atoms with E-state index in [1.54, 1.807) is 36.7 Å². The number of ether oxygens (including phenoxy) is 2. The lowest BCUT2D eigenvalue weighted by atomic mass is 9.90. The fourth-order valence-corrected chi connectivity index (χ4v) is 3.73. The second kappa shape index (κ2) is 10.1. The summed E-state index contributed by atoms with van der Waals surface area (Å²) in [5.74, 6) is 2.90. The van der Waals surface area contributed by atoms with E-state index in [9.17, 15) is 4.79 Å². The Morgan fingerprint density at radius 2 is 1.87 bits per heavy atom. The zero-order valence-corrected chi connectivity index (χ0v) is 17.8. The van der Waals surface area contributed by atoms with Gasteiger partial charge >= 0.3 is 0 Å². The number of rotatable bonds is 8. The lowest BCUT2D eigenvalue weighted by molar-refractivity contribution is 0.102. The zero-order valence-electron chi connectivity index (χ0n) is 17.8. The summed E-state index contributed by atoms with van der Waals surface area (Å²) in [5.41, 5.74) is 0.522. The fourth-order valence-electron chi connectivity index (χ4n) is 3.73. The fraction of sp³-hybridized carbons (Fsp3) is 0.375. The summed E-state index contributed by atoms with van der Waals surface area (Å²) >= 11 is 0. The van der Waals surface area contributed by atoms with Gasteiger partial charge in [0.2, 0.25) is 0 Å². The van der Waals surface area contributed by atoms with Gasteiger partial charge in [0.25, 0.3) is 5.91 Å². The van der Waals surface area contributed by atoms with Gasteiger partial charge in [-0.25, -0.2) is 9.97 Å². The van der Waals surface area contributed by atoms with Crippen LogP contribution >= 0.6 is 0 Å². The largest absolute Gasteiger partial charge is 0.489 e. The molecular formula is C24H28N4O3. The Morgan fingerprint density at radius 1 is 1.06 bits per heavy atom. The Kier molecular flexibility index (Phi) is 6.82. The molecular weight excluding hydrogens is 392 g/mol. The normalized spacial score (nSPS) is 14.2. The van der Waals surface area contributed by atoms with E-state index in [0.29, 0.717) is 42.0 Å². The molecule has 7 nitrogen and oxygen atoms in total. The molecule has 1 aliphatic carbocycles. The highest BCUT2D eigenvalue weighted by Crippen LogP contribution is 2.27. The van der Waals surface area contributed by atoms with Gasteiger partial charge in [-0.15, -0.1) is 0 Å². The van der Waals surface area contributed by atoms with Crippen LogP contribution in [0.25, 0.3) is 0 Å². The number of carbonyl (C=O) groups is 1. The molecule has 1 amide bonds. The van der Waals surface area contributed by atoms with Gasteiger partial charge in [-0.3, -0.25) is 4.79 Å². The third-order valence-corrected chi connectivity index (χ3v) is 5.61. The van der Waals surface area contributed by atoms with Crippen molar-refractivity contribution in [2.75, 3.05) is 11.9 Å². The number of hydrogen-bond acceptors (Lipinski definition) is 5. The molecule has 0 saturated heterocycles. The first kappa shape index (κ1) is 20.9. The van der Waals surface area contributed by atoms with Crippen molar-refractivity contribution in [3.63, 3.8) is 0 Å². The number of carbonyl (C=O) groups excluding carboxylic acids is 1. The van der Waals surface area contributed by atoms with Gasteiger partial charge in [0, 0.05) is 31.2 Å². The average molecular weight is 421 g/mol. The summed E-state index contributed by atoms with van der Waals surface area (Å²) in [6.07, 6.45) is 11.5. The van der Waals surface area contributed by atoms with Crippen molar-refractivity contribution in [1.82, 2.24) is 14.5 Å². The molecule has 0 bridgehead atoms. The van der Waals surface area contributed by atoms with Crippen molar-refractivity contribution in [3.05, 3.63) is 66.4 Å². The first-order chi connectivity index (χ1) is 15.2. The monoisotopic (exact) mass is 420 g/mol. The van der Waals surface area contributed by atoms with Crippen LogP contribution in [0.2, 0.25) is 0 Å². The van der Waals surface area contributed by atoms with Crippen molar-refractivity contribution >= 4 is 11.7 Å². The van der Waals surface area contributed by atoms with E-state index < -0.39 is 0 Å². The van der Waals surface area contributed by atoms with Crippen LogP contribution in [0.15, 0.2) is 55.0 Å². The van der Waals surface area contributed by atoms with E-state index in [1.165, 1.54) is 32.1 Å². The molecule has 1 fully saturated rings. The van der Waals surface area contributed by atoms with E-state index in [4.69, 9.17) is 9.47 Å². The van der Waals surface area contributed by atoms with E-state index >= 15 is 0 Å². The van der Waals surface area contributed by atoms with Crippen LogP contribution in [0.1, 0.15) is 48.3 Å². The first-order valence-electron chi connectivity index (χ1n) is 10.8. The standard InChI is InChI=1S/C24H28N4O3/c1-28-15-14-25-22(28)17-30-20-11-9-19(10-12-20)24(29)27-23-21(8-5-13-26-23)31-16-18-6-3-2-4-7-18/h5,8-15,18H,2-4,6-7,16-17H2,1H3,(H,26,27,29). The van der Waals surface area contributed by atoms with Gasteiger partial charge in [0.15, 0.2) is 11.6 Å². The van der Waals surface area contributed by atoms with Crippen LogP contribution in [0, 0.1) is 5.92 Å². The number of amides is 1. The molecule has 3 aromatic rings. The number of benzene rings is 1. The highest BCUT2D eigenvalue weighted by Gasteiger charge is 2.16. The molecule has 31 heavy (non-hydrogen) atoms. The number of hydrogen-bond donors (Lipinski definition) is 1. The Hall–Kier alpha value is -3.35. The molecule has 0 spiro atoms. The van der Waals surface area contributed by atoms with Gasteiger partial charge < -0.3 is 19.4 Å². The van der Waals surface area contributed by atoms with Crippen molar-refractivity contribution < 1.29 is 14.3 Å². The maximum atomic E-state index is 12.7. The van der Waals surface area contributed by atoms with Gasteiger partial charge in [-0.2, -0.15) is 0 Å². The Morgan fingerprint density at radius 3 is 2.61 bits per heavy atom. The maximum absolute atomic E-state index is 12.7. The van der Waals surface area contributed by atoms with Crippen molar-refractivity contribution in [2.24, 2.45) is 13.0 Å². The van der Waals surface area contributed by atoms with Crippen LogP contribution < -0.4 is 14.8 Å². The number of imidazole rings is 1. The third kappa shape index (κ3) is 5.63. The van der Waals surface area contributed by atoms with E-state index in [2.05, 4.69) is 15.3 Å². The van der Waals surface area contributed by atoms with Crippen LogP contribution in [-0.2, 0) is 13.7 Å². The number of nitrogens with one attached hydrogen (secondary N) is 1. The molecule has 0 aliphatic heterocycles. The maximum Gasteiger partial charge on any atom is 0.256 e. The van der Waals surface area contributed by atoms with E-state index in [0.717, 1.165) is 5.82 Å². The van der Waals surface area contributed by atoms with Crippen LogP contribution in [0.3, 0.4) is 0 Å². The minimum Gasteiger partial charge on any atom is -0.489 e. The lowest BCUT2D eigenvalue weighted by Crippen LogP contribution is -2.17. The highest BCUT2D eigenvalue weighted by molar-refractivity contribution is 6.04. The molecule has 1 aliphatic rings. The molecule has 162 valence electrons. The van der Waals surface area contributed by atoms with Gasteiger partial charge in [0.05, 0.1) is 6.61 Å². The topological polar surface area (TPSA) is 78.3 Å². The van der Waals surface area contributed by atoms with Crippen LogP contribution in [0.5, 0.6) is 11.5 Å². The Labute approximate surface area is 182 Å². The summed E-state index contributed by atoms with van der Waals surface area (Å²) in [6, 6.07) is 10.7. The summed E-state index contributed by atoms with van der Waals surface area (Å²) in [6.45, 7) is 1.03. The first-order valence-corrected chi connectivity index (χ1v) is 10.8. The molecule has 0 radical (unpaired) electrons. The molecule has 0 unspecified atom stereocenters. The van der Waals surface area contributed by atoms with Crippen molar-refractivity contribution in [3.8, 4) is 11.5 Å². The Balaban J connectivity index is 1.34. The number of nitrogens with zero attached hydrogens (tertiary/aromatic N) is 3. The van der Waals surface area contributed by atoms with Gasteiger partial charge in [-0.05, 0) is 55.2 Å². The molecule has 2 aromatic heterocycles. The zero-order chi connectivity index (χ0) is 21.5. The number of anilines is 1. The summed E-state index contributed by atoms with van der Waals surface area (Å²) in [5, 5.41) is 2.87. The van der Waals surface area contributed by atoms with E-state index in [-0.39, 0.29) is 5.91 Å². The van der Waals surface area contributed by atoms with E-state index in [1.807, 2.05) is 29.9 Å². The smallest absolute Gasteiger partial charge is 0.256 e. The second-order valence-electron chi connectivity index (χ2n) is 7.89. The molecule has 4 rings (SSSR count). The quantitative estimate of drug-likeness (QED) is 0.576. The van der Waals surface area contributed by atoms with Crippen LogP contribution in [-0.4, -0.2) is 27.0 Å². The number of aromatic nitrogens is 3. The molecule has 0 atom stereocenters. The van der Waals surface area contributed by atoms with Crippen molar-refractivity contribution in [1.29, 1.82) is 0 Å². The summed E-state index contributed by atoms with van der Waals surface area (Å²) in [4.78, 5) is 21.2. The summed E-state index contributed by atoms with van der Waals surface area (Å²) in [7, 11) is 1.92. The minimum atomic E-state index is -0.239.